The molecule has 4 aromatic carbocycles. The molecule has 4 rings (SSSR count). The molecule has 0 unspecified atom stereocenters. The molecule has 0 atom stereocenters. The Morgan fingerprint density at radius 1 is 0.586 bits per heavy atom. The summed E-state index contributed by atoms with van der Waals surface area (Å²) in [6, 6.07) is 33.3. The monoisotopic (exact) mass is 424 g/mol. The molecule has 4 aromatic rings. The molecule has 146 valence electrons. The fraction of sp³-hybridized carbons (Fsp3) is 0.0400. The standard InChI is InChI=1S/C25H20ClF2P/c26-29(22-10-4-1-5-11-22,23-12-6-2-7-13-23,24-14-8-3-9-15-24)19-20-16-17-21(27)18-25(20)28/h1-18H,19H2. The first kappa shape index (κ1) is 19.8. The van der Waals surface area contributed by atoms with Crippen molar-refractivity contribution in [3.8, 4) is 0 Å². The minimum absolute atomic E-state index is 0.247. The molecule has 0 aliphatic rings. The Labute approximate surface area is 174 Å². The number of rotatable bonds is 5. The summed E-state index contributed by atoms with van der Waals surface area (Å²) in [7, 11) is 0. The van der Waals surface area contributed by atoms with E-state index in [1.54, 1.807) is 0 Å². The van der Waals surface area contributed by atoms with E-state index >= 15 is 0 Å². The van der Waals surface area contributed by atoms with E-state index in [1.807, 2.05) is 91.0 Å². The molecule has 0 N–H and O–H groups in total. The van der Waals surface area contributed by atoms with Gasteiger partial charge in [0.25, 0.3) is 0 Å². The predicted octanol–water partition coefficient (Wildman–Crippen LogP) is 6.15. The number of hydrogen-bond donors (Lipinski definition) is 0. The van der Waals surface area contributed by atoms with Crippen LogP contribution in [-0.2, 0) is 6.16 Å². The van der Waals surface area contributed by atoms with Crippen molar-refractivity contribution in [3.63, 3.8) is 0 Å². The molecule has 0 saturated heterocycles. The quantitative estimate of drug-likeness (QED) is 0.337. The molecule has 0 heterocycles. The van der Waals surface area contributed by atoms with E-state index in [-0.39, 0.29) is 6.16 Å². The van der Waals surface area contributed by atoms with E-state index in [9.17, 15) is 8.78 Å². The van der Waals surface area contributed by atoms with Gasteiger partial charge in [0.1, 0.15) is 0 Å². The Kier molecular flexibility index (Phi) is 5.25. The van der Waals surface area contributed by atoms with Crippen LogP contribution in [0.25, 0.3) is 0 Å². The summed E-state index contributed by atoms with van der Waals surface area (Å²) < 4.78 is 28.4. The van der Waals surface area contributed by atoms with Crippen molar-refractivity contribution in [1.29, 1.82) is 0 Å². The summed E-state index contributed by atoms with van der Waals surface area (Å²) in [6.45, 7) is 0. The third-order valence-electron chi connectivity index (χ3n) is 5.37. The van der Waals surface area contributed by atoms with Gasteiger partial charge in [-0.05, 0) is 0 Å². The molecule has 29 heavy (non-hydrogen) atoms. The van der Waals surface area contributed by atoms with Gasteiger partial charge in [-0.25, -0.2) is 0 Å². The molecule has 0 aromatic heterocycles. The van der Waals surface area contributed by atoms with E-state index in [4.69, 9.17) is 11.2 Å². The molecule has 0 nitrogen and oxygen atoms in total. The second kappa shape index (κ2) is 7.71. The predicted molar refractivity (Wildman–Crippen MR) is 121 cm³/mol. The van der Waals surface area contributed by atoms with Crippen LogP contribution in [0, 0.1) is 11.6 Å². The van der Waals surface area contributed by atoms with Crippen LogP contribution in [-0.4, -0.2) is 0 Å². The van der Waals surface area contributed by atoms with Crippen LogP contribution in [0.5, 0.6) is 0 Å². The molecular formula is C25H20ClF2P. The Balaban J connectivity index is 2.09. The van der Waals surface area contributed by atoms with Gasteiger partial charge >= 0.3 is 174 Å². The van der Waals surface area contributed by atoms with Crippen LogP contribution >= 0.6 is 17.2 Å². The SMILES string of the molecule is Fc1ccc(CP(Cl)(c2ccccc2)(c2ccccc2)c2ccccc2)c(F)c1. The van der Waals surface area contributed by atoms with Crippen molar-refractivity contribution in [2.24, 2.45) is 0 Å². The third kappa shape index (κ3) is 3.37. The zero-order valence-corrected chi connectivity index (χ0v) is 17.3. The van der Waals surface area contributed by atoms with Crippen LogP contribution in [0.4, 0.5) is 8.78 Å². The Bertz CT molecular complexity index is 1020. The van der Waals surface area contributed by atoms with Crippen molar-refractivity contribution < 1.29 is 8.78 Å². The van der Waals surface area contributed by atoms with Gasteiger partial charge in [0.2, 0.25) is 0 Å². The van der Waals surface area contributed by atoms with E-state index in [0.717, 1.165) is 22.0 Å². The van der Waals surface area contributed by atoms with Crippen LogP contribution < -0.4 is 15.9 Å². The van der Waals surface area contributed by atoms with Crippen molar-refractivity contribution in [1.82, 2.24) is 0 Å². The van der Waals surface area contributed by atoms with Gasteiger partial charge in [-0.2, -0.15) is 0 Å². The normalized spacial score (nSPS) is 12.9. The zero-order chi connectivity index (χ0) is 20.3. The van der Waals surface area contributed by atoms with Gasteiger partial charge in [0, 0.05) is 0 Å². The summed E-state index contributed by atoms with van der Waals surface area (Å²) >= 11 is 7.89. The molecule has 0 radical (unpaired) electrons. The molecule has 4 heteroatoms. The second-order valence-electron chi connectivity index (χ2n) is 7.08. The molecule has 0 saturated carbocycles. The topological polar surface area (TPSA) is 0 Å². The van der Waals surface area contributed by atoms with Crippen molar-refractivity contribution in [2.45, 2.75) is 6.16 Å². The number of benzene rings is 4. The van der Waals surface area contributed by atoms with Crippen LogP contribution in [0.15, 0.2) is 109 Å². The molecule has 0 spiro atoms. The van der Waals surface area contributed by atoms with Gasteiger partial charge in [0.15, 0.2) is 0 Å². The molecular weight excluding hydrogens is 405 g/mol. The summed E-state index contributed by atoms with van der Waals surface area (Å²) in [5, 5.41) is 2.84. The molecule has 0 fully saturated rings. The van der Waals surface area contributed by atoms with Crippen molar-refractivity contribution >= 4 is 33.1 Å². The first-order chi connectivity index (χ1) is 14.0. The Morgan fingerprint density at radius 3 is 1.38 bits per heavy atom. The summed E-state index contributed by atoms with van der Waals surface area (Å²) in [4.78, 5) is 0. The van der Waals surface area contributed by atoms with Gasteiger partial charge in [-0.3, -0.25) is 0 Å². The number of halogens is 3. The molecule has 0 aliphatic heterocycles. The van der Waals surface area contributed by atoms with Crippen molar-refractivity contribution in [3.05, 3.63) is 126 Å². The molecule has 0 amide bonds. The minimum atomic E-state index is -3.62. The van der Waals surface area contributed by atoms with Gasteiger partial charge in [0.05, 0.1) is 0 Å². The summed E-state index contributed by atoms with van der Waals surface area (Å²) in [6.07, 6.45) is 0.247. The Morgan fingerprint density at radius 2 is 1.00 bits per heavy atom. The molecule has 0 aliphatic carbocycles. The molecule has 0 bridgehead atoms. The zero-order valence-electron chi connectivity index (χ0n) is 15.7. The van der Waals surface area contributed by atoms with Crippen LogP contribution in [0.3, 0.4) is 0 Å². The number of hydrogen-bond acceptors (Lipinski definition) is 0. The fourth-order valence-electron chi connectivity index (χ4n) is 3.91. The third-order valence-corrected chi connectivity index (χ3v) is 12.5. The van der Waals surface area contributed by atoms with Crippen LogP contribution in [0.1, 0.15) is 5.56 Å². The second-order valence-corrected chi connectivity index (χ2v) is 13.6. The van der Waals surface area contributed by atoms with E-state index in [0.29, 0.717) is 5.56 Å². The van der Waals surface area contributed by atoms with E-state index < -0.39 is 17.6 Å². The summed E-state index contributed by atoms with van der Waals surface area (Å²) in [5.74, 6) is -4.80. The Hall–Kier alpha value is -2.54. The fourth-order valence-corrected chi connectivity index (χ4v) is 10.0. The first-order valence-electron chi connectivity index (χ1n) is 9.36. The van der Waals surface area contributed by atoms with Gasteiger partial charge < -0.3 is 0 Å². The van der Waals surface area contributed by atoms with Crippen molar-refractivity contribution in [2.75, 3.05) is 0 Å². The summed E-state index contributed by atoms with van der Waals surface area (Å²) in [5.41, 5.74) is 0.399. The maximum absolute atomic E-state index is 14.8. The average molecular weight is 425 g/mol. The van der Waals surface area contributed by atoms with Crippen LogP contribution in [0.2, 0.25) is 0 Å². The van der Waals surface area contributed by atoms with E-state index in [1.165, 1.54) is 12.1 Å². The average Bonchev–Trinajstić information content (AvgIpc) is 2.78. The van der Waals surface area contributed by atoms with Gasteiger partial charge in [-0.15, -0.1) is 0 Å². The first-order valence-corrected chi connectivity index (χ1v) is 12.7. The van der Waals surface area contributed by atoms with Gasteiger partial charge in [-0.1, -0.05) is 0 Å². The van der Waals surface area contributed by atoms with E-state index in [2.05, 4.69) is 0 Å². The maximum atomic E-state index is 14.8.